The van der Waals surface area contributed by atoms with E-state index in [2.05, 4.69) is 6.58 Å². The van der Waals surface area contributed by atoms with Gasteiger partial charge in [-0.15, -0.1) is 0 Å². The van der Waals surface area contributed by atoms with Crippen LogP contribution in [0, 0.1) is 0 Å². The SMILES string of the molecule is C=CSc1ccc(OC)cc1N. The molecule has 3 heteroatoms. The van der Waals surface area contributed by atoms with Crippen LogP contribution >= 0.6 is 11.8 Å². The number of hydrogen-bond acceptors (Lipinski definition) is 3. The Bertz CT molecular complexity index is 286. The Morgan fingerprint density at radius 2 is 2.33 bits per heavy atom. The van der Waals surface area contributed by atoms with Crippen molar-refractivity contribution in [3.63, 3.8) is 0 Å². The van der Waals surface area contributed by atoms with Crippen molar-refractivity contribution < 1.29 is 4.74 Å². The molecule has 0 atom stereocenters. The summed E-state index contributed by atoms with van der Waals surface area (Å²) >= 11 is 1.50. The lowest BCUT2D eigenvalue weighted by molar-refractivity contribution is 0.415. The van der Waals surface area contributed by atoms with Crippen LogP contribution in [0.25, 0.3) is 0 Å². The molecule has 1 aromatic carbocycles. The van der Waals surface area contributed by atoms with Crippen LogP contribution in [0.2, 0.25) is 0 Å². The molecule has 0 aliphatic heterocycles. The van der Waals surface area contributed by atoms with Gasteiger partial charge in [-0.05, 0) is 17.5 Å². The van der Waals surface area contributed by atoms with E-state index >= 15 is 0 Å². The maximum Gasteiger partial charge on any atom is 0.120 e. The molecular weight excluding hydrogens is 170 g/mol. The van der Waals surface area contributed by atoms with E-state index in [0.29, 0.717) is 0 Å². The van der Waals surface area contributed by atoms with E-state index in [0.717, 1.165) is 16.3 Å². The van der Waals surface area contributed by atoms with E-state index in [1.165, 1.54) is 11.8 Å². The minimum Gasteiger partial charge on any atom is -0.497 e. The molecule has 0 spiro atoms. The predicted octanol–water partition coefficient (Wildman–Crippen LogP) is 2.51. The van der Waals surface area contributed by atoms with Crippen molar-refractivity contribution in [3.05, 3.63) is 30.2 Å². The highest BCUT2D eigenvalue weighted by Gasteiger charge is 1.98. The van der Waals surface area contributed by atoms with Crippen LogP contribution < -0.4 is 10.5 Å². The molecule has 0 fully saturated rings. The van der Waals surface area contributed by atoms with Gasteiger partial charge >= 0.3 is 0 Å². The molecule has 64 valence electrons. The van der Waals surface area contributed by atoms with E-state index in [-0.39, 0.29) is 0 Å². The van der Waals surface area contributed by atoms with Gasteiger partial charge in [0.25, 0.3) is 0 Å². The van der Waals surface area contributed by atoms with E-state index in [4.69, 9.17) is 10.5 Å². The fourth-order valence-corrected chi connectivity index (χ4v) is 1.37. The van der Waals surface area contributed by atoms with Crippen molar-refractivity contribution in [1.82, 2.24) is 0 Å². The first-order chi connectivity index (χ1) is 5.77. The first kappa shape index (κ1) is 9.00. The fourth-order valence-electron chi connectivity index (χ4n) is 0.851. The van der Waals surface area contributed by atoms with Crippen LogP contribution in [-0.4, -0.2) is 7.11 Å². The molecule has 0 amide bonds. The van der Waals surface area contributed by atoms with Gasteiger partial charge in [0.2, 0.25) is 0 Å². The van der Waals surface area contributed by atoms with Crippen molar-refractivity contribution in [1.29, 1.82) is 0 Å². The van der Waals surface area contributed by atoms with Gasteiger partial charge in [0.05, 0.1) is 7.11 Å². The molecule has 0 bridgehead atoms. The number of anilines is 1. The summed E-state index contributed by atoms with van der Waals surface area (Å²) in [5.74, 6) is 0.779. The lowest BCUT2D eigenvalue weighted by atomic mass is 10.3. The summed E-state index contributed by atoms with van der Waals surface area (Å²) in [6.45, 7) is 3.62. The zero-order valence-electron chi connectivity index (χ0n) is 6.91. The van der Waals surface area contributed by atoms with Crippen molar-refractivity contribution in [2.45, 2.75) is 4.90 Å². The molecule has 0 aliphatic carbocycles. The highest BCUT2D eigenvalue weighted by molar-refractivity contribution is 8.02. The first-order valence-corrected chi connectivity index (χ1v) is 4.37. The summed E-state index contributed by atoms with van der Waals surface area (Å²) < 4.78 is 5.01. The molecule has 0 unspecified atom stereocenters. The fraction of sp³-hybridized carbons (Fsp3) is 0.111. The molecule has 0 radical (unpaired) electrons. The van der Waals surface area contributed by atoms with E-state index in [1.807, 2.05) is 12.1 Å². The predicted molar refractivity (Wildman–Crippen MR) is 53.5 cm³/mol. The Hall–Kier alpha value is -1.09. The van der Waals surface area contributed by atoms with Gasteiger partial charge in [-0.25, -0.2) is 0 Å². The minimum absolute atomic E-state index is 0.722. The summed E-state index contributed by atoms with van der Waals surface area (Å²) in [7, 11) is 1.62. The van der Waals surface area contributed by atoms with E-state index < -0.39 is 0 Å². The second-order valence-corrected chi connectivity index (χ2v) is 3.20. The third-order valence-corrected chi connectivity index (χ3v) is 2.22. The molecular formula is C9H11NOS. The maximum atomic E-state index is 5.73. The van der Waals surface area contributed by atoms with Crippen LogP contribution in [-0.2, 0) is 0 Å². The number of ether oxygens (including phenoxy) is 1. The zero-order chi connectivity index (χ0) is 8.97. The summed E-state index contributed by atoms with van der Waals surface area (Å²) in [6.07, 6.45) is 0. The Labute approximate surface area is 76.4 Å². The highest BCUT2D eigenvalue weighted by Crippen LogP contribution is 2.28. The Kier molecular flexibility index (Phi) is 3.05. The van der Waals surface area contributed by atoms with Crippen molar-refractivity contribution >= 4 is 17.4 Å². The third kappa shape index (κ3) is 1.95. The van der Waals surface area contributed by atoms with Crippen LogP contribution in [0.1, 0.15) is 0 Å². The number of nitrogens with two attached hydrogens (primary N) is 1. The largest absolute Gasteiger partial charge is 0.497 e. The standard InChI is InChI=1S/C9H11NOS/c1-3-12-9-5-4-7(11-2)6-8(9)10/h3-6H,1,10H2,2H3. The summed E-state index contributed by atoms with van der Waals surface area (Å²) in [4.78, 5) is 1.01. The van der Waals surface area contributed by atoms with Crippen LogP contribution in [0.4, 0.5) is 5.69 Å². The monoisotopic (exact) mass is 181 g/mol. The average molecular weight is 181 g/mol. The third-order valence-electron chi connectivity index (χ3n) is 1.43. The van der Waals surface area contributed by atoms with Crippen LogP contribution in [0.5, 0.6) is 5.75 Å². The van der Waals surface area contributed by atoms with Gasteiger partial charge < -0.3 is 10.5 Å². The van der Waals surface area contributed by atoms with Crippen LogP contribution in [0.15, 0.2) is 35.1 Å². The first-order valence-electron chi connectivity index (χ1n) is 3.49. The molecule has 1 aromatic rings. The van der Waals surface area contributed by atoms with Crippen molar-refractivity contribution in [2.75, 3.05) is 12.8 Å². The second kappa shape index (κ2) is 4.07. The molecule has 0 saturated carbocycles. The summed E-state index contributed by atoms with van der Waals surface area (Å²) in [5.41, 5.74) is 6.46. The number of hydrogen-bond donors (Lipinski definition) is 1. The number of methoxy groups -OCH3 is 1. The van der Waals surface area contributed by atoms with Gasteiger partial charge in [-0.2, -0.15) is 0 Å². The smallest absolute Gasteiger partial charge is 0.120 e. The topological polar surface area (TPSA) is 35.2 Å². The minimum atomic E-state index is 0.722. The van der Waals surface area contributed by atoms with Gasteiger partial charge in [-0.3, -0.25) is 0 Å². The maximum absolute atomic E-state index is 5.73. The van der Waals surface area contributed by atoms with Crippen LogP contribution in [0.3, 0.4) is 0 Å². The van der Waals surface area contributed by atoms with Gasteiger partial charge in [-0.1, -0.05) is 18.3 Å². The Morgan fingerprint density at radius 3 is 2.83 bits per heavy atom. The quantitative estimate of drug-likeness (QED) is 0.575. The number of nitrogen functional groups attached to an aromatic ring is 1. The number of thioether (sulfide) groups is 1. The molecule has 2 nitrogen and oxygen atoms in total. The Morgan fingerprint density at radius 1 is 1.58 bits per heavy atom. The molecule has 0 heterocycles. The van der Waals surface area contributed by atoms with Crippen molar-refractivity contribution in [3.8, 4) is 5.75 Å². The highest BCUT2D eigenvalue weighted by atomic mass is 32.2. The number of rotatable bonds is 3. The molecule has 0 saturated heterocycles. The van der Waals surface area contributed by atoms with Gasteiger partial charge in [0, 0.05) is 16.6 Å². The molecule has 1 rings (SSSR count). The molecule has 2 N–H and O–H groups in total. The number of benzene rings is 1. The lowest BCUT2D eigenvalue weighted by Crippen LogP contribution is -1.89. The van der Waals surface area contributed by atoms with Gasteiger partial charge in [0.1, 0.15) is 5.75 Å². The second-order valence-electron chi connectivity index (χ2n) is 2.19. The molecule has 0 aromatic heterocycles. The average Bonchev–Trinajstić information content (AvgIpc) is 2.09. The molecule has 0 aliphatic rings. The Balaban J connectivity index is 2.94. The van der Waals surface area contributed by atoms with Gasteiger partial charge in [0.15, 0.2) is 0 Å². The lowest BCUT2D eigenvalue weighted by Gasteiger charge is -2.04. The normalized spacial score (nSPS) is 9.42. The van der Waals surface area contributed by atoms with E-state index in [9.17, 15) is 0 Å². The van der Waals surface area contributed by atoms with Crippen molar-refractivity contribution in [2.24, 2.45) is 0 Å². The summed E-state index contributed by atoms with van der Waals surface area (Å²) in [5, 5.41) is 1.75. The zero-order valence-corrected chi connectivity index (χ0v) is 7.73. The van der Waals surface area contributed by atoms with E-state index in [1.54, 1.807) is 18.6 Å². The summed E-state index contributed by atoms with van der Waals surface area (Å²) in [6, 6.07) is 5.59. The molecule has 12 heavy (non-hydrogen) atoms.